The zero-order chi connectivity index (χ0) is 31.2. The van der Waals surface area contributed by atoms with E-state index in [9.17, 15) is 44.3 Å². The lowest BCUT2D eigenvalue weighted by molar-refractivity contribution is -0.143. The molecule has 2 aliphatic rings. The first-order chi connectivity index (χ1) is 20.1. The van der Waals surface area contributed by atoms with Gasteiger partial charge in [-0.1, -0.05) is 11.3 Å². The largest absolute Gasteiger partial charge is 0.445 e. The molecule has 0 radical (unpaired) electrons. The van der Waals surface area contributed by atoms with Crippen LogP contribution in [0.15, 0.2) is 46.1 Å². The van der Waals surface area contributed by atoms with Crippen LogP contribution in [0.3, 0.4) is 0 Å². The molecule has 0 saturated carbocycles. The number of amides is 1. The van der Waals surface area contributed by atoms with E-state index in [0.717, 1.165) is 11.3 Å². The average Bonchev–Trinajstić information content (AvgIpc) is 3.34. The Morgan fingerprint density at radius 2 is 1.51 bits per heavy atom. The molecule has 9 nitrogen and oxygen atoms in total. The third-order valence-corrected chi connectivity index (χ3v) is 10.3. The highest BCUT2D eigenvalue weighted by atomic mass is 32.2. The number of hydrogen-bond donors (Lipinski definition) is 1. The number of fused-ring (bicyclic) bond motifs is 1. The fourth-order valence-corrected chi connectivity index (χ4v) is 7.64. The van der Waals surface area contributed by atoms with Gasteiger partial charge in [0, 0.05) is 45.3 Å². The van der Waals surface area contributed by atoms with Crippen molar-refractivity contribution in [1.82, 2.24) is 19.1 Å². The Kier molecular flexibility index (Phi) is 8.54. The fraction of sp³-hybridized carbons (Fsp3) is 0.462. The minimum atomic E-state index is -5.00. The number of halogens is 6. The van der Waals surface area contributed by atoms with E-state index in [-0.39, 0.29) is 48.1 Å². The molecule has 2 saturated heterocycles. The number of nitrogens with one attached hydrogen (secondary N) is 1. The van der Waals surface area contributed by atoms with Crippen LogP contribution in [0.4, 0.5) is 31.1 Å². The molecule has 43 heavy (non-hydrogen) atoms. The quantitative estimate of drug-likeness (QED) is 0.400. The third-order valence-electron chi connectivity index (χ3n) is 7.55. The number of rotatable bonds is 5. The van der Waals surface area contributed by atoms with Crippen molar-refractivity contribution in [3.05, 3.63) is 62.8 Å². The Labute approximate surface area is 245 Å². The molecule has 17 heteroatoms. The average molecular weight is 653 g/mol. The fourth-order valence-electron chi connectivity index (χ4n) is 5.29. The van der Waals surface area contributed by atoms with Crippen molar-refractivity contribution in [2.75, 3.05) is 39.3 Å². The normalized spacial score (nSPS) is 18.3. The summed E-state index contributed by atoms with van der Waals surface area (Å²) in [6, 6.07) is 5.64. The number of thiazole rings is 1. The predicted octanol–water partition coefficient (Wildman–Crippen LogP) is 4.73. The van der Waals surface area contributed by atoms with E-state index < -0.39 is 51.8 Å². The standard InChI is InChI=1S/C26H26F6N4O5S2/c27-25(28,29)17-11-16(12-18(13-17)26(30,31)32)15-41-24(38)35-9-7-34(8-10-35)19-3-5-36(6-4-19)43(39,40)20-1-2-21-22(14-20)42-23(37)33-21/h1-2,11-14,19H,3-10,15H2,(H,33,37). The second-order valence-corrected chi connectivity index (χ2v) is 13.3. The van der Waals surface area contributed by atoms with Gasteiger partial charge >= 0.3 is 23.3 Å². The van der Waals surface area contributed by atoms with Crippen molar-refractivity contribution >= 4 is 37.7 Å². The number of carbonyl (C=O) groups is 1. The van der Waals surface area contributed by atoms with Gasteiger partial charge < -0.3 is 14.6 Å². The molecule has 1 amide bonds. The molecule has 0 atom stereocenters. The number of aromatic nitrogens is 1. The second kappa shape index (κ2) is 11.7. The Bertz CT molecular complexity index is 1620. The summed E-state index contributed by atoms with van der Waals surface area (Å²) in [6.45, 7) is 1.16. The Morgan fingerprint density at radius 3 is 2.09 bits per heavy atom. The summed E-state index contributed by atoms with van der Waals surface area (Å²) >= 11 is 0.935. The number of alkyl halides is 6. The number of aromatic amines is 1. The second-order valence-electron chi connectivity index (χ2n) is 10.3. The minimum Gasteiger partial charge on any atom is -0.445 e. The summed E-state index contributed by atoms with van der Waals surface area (Å²) in [4.78, 5) is 30.0. The molecule has 3 heterocycles. The zero-order valence-corrected chi connectivity index (χ0v) is 24.0. The molecule has 5 rings (SSSR count). The Balaban J connectivity index is 1.12. The van der Waals surface area contributed by atoms with Crippen LogP contribution in [-0.4, -0.2) is 78.9 Å². The predicted molar refractivity (Wildman–Crippen MR) is 144 cm³/mol. The monoisotopic (exact) mass is 652 g/mol. The van der Waals surface area contributed by atoms with Crippen molar-refractivity contribution < 1.29 is 44.3 Å². The maximum Gasteiger partial charge on any atom is 0.416 e. The maximum absolute atomic E-state index is 13.2. The van der Waals surface area contributed by atoms with Crippen LogP contribution in [0.1, 0.15) is 29.5 Å². The Hall–Kier alpha value is -3.15. The SMILES string of the molecule is O=C(OCc1cc(C(F)(F)F)cc(C(F)(F)F)c1)N1CCN(C2CCN(S(=O)(=O)c3ccc4[nH]c(=O)sc4c3)CC2)CC1. The topological polar surface area (TPSA) is 103 Å². The summed E-state index contributed by atoms with van der Waals surface area (Å²) in [7, 11) is -3.76. The molecule has 2 aliphatic heterocycles. The van der Waals surface area contributed by atoms with Crippen molar-refractivity contribution in [2.24, 2.45) is 0 Å². The molecular weight excluding hydrogens is 626 g/mol. The van der Waals surface area contributed by atoms with Crippen LogP contribution in [0.5, 0.6) is 0 Å². The van der Waals surface area contributed by atoms with Gasteiger partial charge in [-0.2, -0.15) is 30.6 Å². The van der Waals surface area contributed by atoms with Crippen LogP contribution >= 0.6 is 11.3 Å². The number of H-pyrrole nitrogens is 1. The first kappa shape index (κ1) is 31.3. The van der Waals surface area contributed by atoms with Crippen LogP contribution in [0.25, 0.3) is 10.2 Å². The van der Waals surface area contributed by atoms with E-state index in [1.807, 2.05) is 0 Å². The molecular formula is C26H26F6N4O5S2. The molecule has 234 valence electrons. The number of hydrogen-bond acceptors (Lipinski definition) is 7. The van der Waals surface area contributed by atoms with Crippen LogP contribution in [0, 0.1) is 0 Å². The molecule has 0 bridgehead atoms. The van der Waals surface area contributed by atoms with E-state index in [4.69, 9.17) is 4.74 Å². The van der Waals surface area contributed by atoms with E-state index in [1.54, 1.807) is 6.07 Å². The van der Waals surface area contributed by atoms with E-state index in [1.165, 1.54) is 21.3 Å². The van der Waals surface area contributed by atoms with Crippen LogP contribution in [-0.2, 0) is 33.7 Å². The van der Waals surface area contributed by atoms with E-state index in [0.29, 0.717) is 48.3 Å². The van der Waals surface area contributed by atoms with Gasteiger partial charge in [-0.3, -0.25) is 9.69 Å². The first-order valence-corrected chi connectivity index (χ1v) is 15.4. The van der Waals surface area contributed by atoms with Crippen LogP contribution in [0.2, 0.25) is 0 Å². The smallest absolute Gasteiger partial charge is 0.416 e. The van der Waals surface area contributed by atoms with E-state index in [2.05, 4.69) is 9.88 Å². The molecule has 3 aromatic rings. The number of piperidine rings is 1. The van der Waals surface area contributed by atoms with Gasteiger partial charge in [0.2, 0.25) is 10.0 Å². The number of nitrogens with zero attached hydrogens (tertiary/aromatic N) is 3. The van der Waals surface area contributed by atoms with E-state index >= 15 is 0 Å². The lowest BCUT2D eigenvalue weighted by Crippen LogP contribution is -2.54. The summed E-state index contributed by atoms with van der Waals surface area (Å²) in [6.07, 6.45) is -9.75. The molecule has 2 aromatic carbocycles. The van der Waals surface area contributed by atoms with Crippen molar-refractivity contribution in [2.45, 2.75) is 42.7 Å². The highest BCUT2D eigenvalue weighted by Gasteiger charge is 2.37. The molecule has 2 fully saturated rings. The highest BCUT2D eigenvalue weighted by Crippen LogP contribution is 2.36. The van der Waals surface area contributed by atoms with Crippen molar-refractivity contribution in [3.8, 4) is 0 Å². The van der Waals surface area contributed by atoms with Gasteiger partial charge in [0.05, 0.1) is 26.2 Å². The summed E-state index contributed by atoms with van der Waals surface area (Å²) < 4.78 is 112. The van der Waals surface area contributed by atoms with Gasteiger partial charge in [0.1, 0.15) is 6.61 Å². The number of piperazine rings is 1. The molecule has 1 aromatic heterocycles. The first-order valence-electron chi connectivity index (χ1n) is 13.2. The molecule has 1 N–H and O–H groups in total. The summed E-state index contributed by atoms with van der Waals surface area (Å²) in [5.74, 6) is 0. The van der Waals surface area contributed by atoms with Gasteiger partial charge in [-0.25, -0.2) is 13.2 Å². The third kappa shape index (κ3) is 6.99. The van der Waals surface area contributed by atoms with Crippen molar-refractivity contribution in [3.63, 3.8) is 0 Å². The molecule has 0 aliphatic carbocycles. The van der Waals surface area contributed by atoms with Gasteiger partial charge in [-0.15, -0.1) is 0 Å². The van der Waals surface area contributed by atoms with Gasteiger partial charge in [0.25, 0.3) is 0 Å². The number of carbonyl (C=O) groups excluding carboxylic acids is 1. The minimum absolute atomic E-state index is 0.0114. The molecule has 0 spiro atoms. The van der Waals surface area contributed by atoms with Gasteiger partial charge in [-0.05, 0) is 54.8 Å². The maximum atomic E-state index is 13.2. The number of sulfonamides is 1. The highest BCUT2D eigenvalue weighted by molar-refractivity contribution is 7.89. The van der Waals surface area contributed by atoms with Crippen molar-refractivity contribution in [1.29, 1.82) is 0 Å². The zero-order valence-electron chi connectivity index (χ0n) is 22.4. The number of ether oxygens (including phenoxy) is 1. The lowest BCUT2D eigenvalue weighted by Gasteiger charge is -2.42. The van der Waals surface area contributed by atoms with Crippen LogP contribution < -0.4 is 4.87 Å². The number of benzene rings is 2. The lowest BCUT2D eigenvalue weighted by atomic mass is 10.0. The van der Waals surface area contributed by atoms with Gasteiger partial charge in [0.15, 0.2) is 0 Å². The Morgan fingerprint density at radius 1 is 0.907 bits per heavy atom. The summed E-state index contributed by atoms with van der Waals surface area (Å²) in [5.41, 5.74) is -2.83. The molecule has 0 unspecified atom stereocenters. The summed E-state index contributed by atoms with van der Waals surface area (Å²) in [5, 5.41) is 0.